The lowest BCUT2D eigenvalue weighted by Gasteiger charge is -2.31. The first-order valence-corrected chi connectivity index (χ1v) is 11.2. The van der Waals surface area contributed by atoms with E-state index in [2.05, 4.69) is 10.3 Å². The number of carbonyl (C=O) groups is 2. The number of rotatable bonds is 5. The topological polar surface area (TPSA) is 80.8 Å². The summed E-state index contributed by atoms with van der Waals surface area (Å²) >= 11 is 0. The number of halogens is 3. The van der Waals surface area contributed by atoms with Crippen LogP contribution >= 0.6 is 0 Å². The molecule has 10 heteroatoms. The Morgan fingerprint density at radius 1 is 1.12 bits per heavy atom. The number of nitrogens with zero attached hydrogens (tertiary/aromatic N) is 2. The zero-order chi connectivity index (χ0) is 22.7. The normalized spacial score (nSPS) is 27.4. The van der Waals surface area contributed by atoms with E-state index in [-0.39, 0.29) is 48.2 Å². The molecule has 1 aromatic heterocycles. The first-order valence-electron chi connectivity index (χ1n) is 11.2. The van der Waals surface area contributed by atoms with Crippen molar-refractivity contribution in [3.63, 3.8) is 0 Å². The maximum absolute atomic E-state index is 12.7. The van der Waals surface area contributed by atoms with Crippen LogP contribution in [0.25, 0.3) is 0 Å². The van der Waals surface area contributed by atoms with Gasteiger partial charge in [0, 0.05) is 50.5 Å². The molecule has 1 aliphatic carbocycles. The summed E-state index contributed by atoms with van der Waals surface area (Å²) < 4.78 is 49.0. The van der Waals surface area contributed by atoms with Crippen LogP contribution in [0.2, 0.25) is 0 Å². The van der Waals surface area contributed by atoms with Crippen LogP contribution < -0.4 is 10.1 Å². The predicted octanol–water partition coefficient (Wildman–Crippen LogP) is 2.93. The summed E-state index contributed by atoms with van der Waals surface area (Å²) in [7, 11) is 0. The van der Waals surface area contributed by atoms with Crippen LogP contribution in [0, 0.1) is 5.92 Å². The number of amides is 2. The molecule has 176 valence electrons. The molecule has 0 spiro atoms. The minimum atomic E-state index is -4.42. The second-order valence-electron chi connectivity index (χ2n) is 8.77. The highest BCUT2D eigenvalue weighted by Crippen LogP contribution is 2.30. The fraction of sp³-hybridized carbons (Fsp3) is 0.682. The minimum absolute atomic E-state index is 0.00940. The van der Waals surface area contributed by atoms with Crippen LogP contribution in [0.5, 0.6) is 5.88 Å². The second kappa shape index (κ2) is 9.64. The number of hydrogen-bond donors (Lipinski definition) is 1. The minimum Gasteiger partial charge on any atom is -0.474 e. The standard InChI is InChI=1S/C22H28F3N3O4/c23-22(24,25)15-1-6-19(26-12-15)32-18-4-2-16(3-5-18)27-21(30)14-11-20(29)28(13-14)17-7-9-31-10-8-17/h1,6,12,14,16-18H,2-5,7-11,13H2,(H,27,30). The molecule has 1 atom stereocenters. The molecule has 1 aromatic rings. The Bertz CT molecular complexity index is 804. The van der Waals surface area contributed by atoms with E-state index in [1.54, 1.807) is 0 Å². The fourth-order valence-electron chi connectivity index (χ4n) is 4.69. The largest absolute Gasteiger partial charge is 0.474 e. The molecule has 7 nitrogen and oxygen atoms in total. The molecule has 2 amide bonds. The van der Waals surface area contributed by atoms with E-state index in [0.29, 0.717) is 45.4 Å². The summed E-state index contributed by atoms with van der Waals surface area (Å²) in [6, 6.07) is 2.37. The van der Waals surface area contributed by atoms with Crippen molar-refractivity contribution in [1.82, 2.24) is 15.2 Å². The molecule has 2 aliphatic heterocycles. The summed E-state index contributed by atoms with van der Waals surface area (Å²) in [5.41, 5.74) is -0.808. The molecule has 0 radical (unpaired) electrons. The molecule has 1 unspecified atom stereocenters. The van der Waals surface area contributed by atoms with Crippen molar-refractivity contribution in [1.29, 1.82) is 0 Å². The first kappa shape index (κ1) is 22.8. The van der Waals surface area contributed by atoms with Crippen molar-refractivity contribution in [3.8, 4) is 5.88 Å². The Labute approximate surface area is 184 Å². The number of alkyl halides is 3. The van der Waals surface area contributed by atoms with Crippen molar-refractivity contribution in [3.05, 3.63) is 23.9 Å². The zero-order valence-corrected chi connectivity index (χ0v) is 17.8. The van der Waals surface area contributed by atoms with E-state index in [1.807, 2.05) is 4.90 Å². The molecular formula is C22H28F3N3O4. The van der Waals surface area contributed by atoms with Crippen molar-refractivity contribution < 1.29 is 32.2 Å². The van der Waals surface area contributed by atoms with Gasteiger partial charge in [0.2, 0.25) is 17.7 Å². The van der Waals surface area contributed by atoms with Crippen LogP contribution in [-0.4, -0.2) is 59.6 Å². The van der Waals surface area contributed by atoms with Crippen molar-refractivity contribution >= 4 is 11.8 Å². The Hall–Kier alpha value is -2.36. The van der Waals surface area contributed by atoms with Gasteiger partial charge in [-0.1, -0.05) is 0 Å². The summed E-state index contributed by atoms with van der Waals surface area (Å²) in [4.78, 5) is 30.7. The van der Waals surface area contributed by atoms with Gasteiger partial charge in [-0.2, -0.15) is 13.2 Å². The maximum atomic E-state index is 12.7. The van der Waals surface area contributed by atoms with Crippen LogP contribution in [0.15, 0.2) is 18.3 Å². The lowest BCUT2D eigenvalue weighted by molar-refractivity contribution is -0.138. The summed E-state index contributed by atoms with van der Waals surface area (Å²) in [6.45, 7) is 1.77. The number of hydrogen-bond acceptors (Lipinski definition) is 5. The molecule has 0 bridgehead atoms. The Kier molecular flexibility index (Phi) is 6.88. The van der Waals surface area contributed by atoms with Gasteiger partial charge in [-0.25, -0.2) is 4.98 Å². The zero-order valence-electron chi connectivity index (χ0n) is 17.8. The molecule has 3 heterocycles. The smallest absolute Gasteiger partial charge is 0.417 e. The predicted molar refractivity (Wildman–Crippen MR) is 108 cm³/mol. The van der Waals surface area contributed by atoms with E-state index in [9.17, 15) is 22.8 Å². The van der Waals surface area contributed by atoms with E-state index in [0.717, 1.165) is 25.1 Å². The molecule has 2 saturated heterocycles. The Morgan fingerprint density at radius 3 is 2.47 bits per heavy atom. The number of ether oxygens (including phenoxy) is 2. The van der Waals surface area contributed by atoms with Gasteiger partial charge in [0.25, 0.3) is 0 Å². The summed E-state index contributed by atoms with van der Waals surface area (Å²) in [5, 5.41) is 3.07. The molecule has 3 aliphatic rings. The van der Waals surface area contributed by atoms with Gasteiger partial charge in [0.15, 0.2) is 0 Å². The molecule has 0 aromatic carbocycles. The third kappa shape index (κ3) is 5.51. The molecule has 1 N–H and O–H groups in total. The Balaban J connectivity index is 1.21. The van der Waals surface area contributed by atoms with Crippen LogP contribution in [0.3, 0.4) is 0 Å². The SMILES string of the molecule is O=C(NC1CCC(Oc2ccc(C(F)(F)F)cn2)CC1)C1CC(=O)N(C2CCOCC2)C1. The molecule has 3 fully saturated rings. The molecular weight excluding hydrogens is 427 g/mol. The molecule has 1 saturated carbocycles. The number of carbonyl (C=O) groups excluding carboxylic acids is 2. The highest BCUT2D eigenvalue weighted by atomic mass is 19.4. The van der Waals surface area contributed by atoms with E-state index in [4.69, 9.17) is 9.47 Å². The Morgan fingerprint density at radius 2 is 1.84 bits per heavy atom. The van der Waals surface area contributed by atoms with Crippen molar-refractivity contribution in [2.45, 2.75) is 69.3 Å². The van der Waals surface area contributed by atoms with Gasteiger partial charge in [-0.15, -0.1) is 0 Å². The maximum Gasteiger partial charge on any atom is 0.417 e. The highest BCUT2D eigenvalue weighted by molar-refractivity contribution is 5.89. The van der Waals surface area contributed by atoms with Gasteiger partial charge in [0.1, 0.15) is 6.10 Å². The summed E-state index contributed by atoms with van der Waals surface area (Å²) in [5.74, 6) is -0.196. The van der Waals surface area contributed by atoms with Gasteiger partial charge in [-0.05, 0) is 44.6 Å². The van der Waals surface area contributed by atoms with E-state index in [1.165, 1.54) is 6.07 Å². The quantitative estimate of drug-likeness (QED) is 0.739. The lowest BCUT2D eigenvalue weighted by Crippen LogP contribution is -2.44. The molecule has 4 rings (SSSR count). The highest BCUT2D eigenvalue weighted by Gasteiger charge is 2.39. The monoisotopic (exact) mass is 455 g/mol. The summed E-state index contributed by atoms with van der Waals surface area (Å²) in [6.07, 6.45) is 0.849. The van der Waals surface area contributed by atoms with Crippen molar-refractivity contribution in [2.24, 2.45) is 5.92 Å². The number of pyridine rings is 1. The lowest BCUT2D eigenvalue weighted by atomic mass is 9.92. The van der Waals surface area contributed by atoms with E-state index >= 15 is 0 Å². The number of nitrogens with one attached hydrogen (secondary N) is 1. The average Bonchev–Trinajstić information content (AvgIpc) is 3.17. The first-order chi connectivity index (χ1) is 15.3. The van der Waals surface area contributed by atoms with Crippen molar-refractivity contribution in [2.75, 3.05) is 19.8 Å². The molecule has 32 heavy (non-hydrogen) atoms. The third-order valence-electron chi connectivity index (χ3n) is 6.53. The van der Waals surface area contributed by atoms with Gasteiger partial charge < -0.3 is 19.7 Å². The van der Waals surface area contributed by atoms with Crippen LogP contribution in [0.4, 0.5) is 13.2 Å². The van der Waals surface area contributed by atoms with Crippen LogP contribution in [0.1, 0.15) is 50.5 Å². The van der Waals surface area contributed by atoms with Crippen LogP contribution in [-0.2, 0) is 20.5 Å². The van der Waals surface area contributed by atoms with Gasteiger partial charge in [-0.3, -0.25) is 9.59 Å². The van der Waals surface area contributed by atoms with Gasteiger partial charge in [0.05, 0.1) is 11.5 Å². The average molecular weight is 455 g/mol. The van der Waals surface area contributed by atoms with E-state index < -0.39 is 11.7 Å². The van der Waals surface area contributed by atoms with Gasteiger partial charge >= 0.3 is 6.18 Å². The fourth-order valence-corrected chi connectivity index (χ4v) is 4.69. The number of likely N-dealkylation sites (tertiary alicyclic amines) is 1. The number of aromatic nitrogens is 1. The second-order valence-corrected chi connectivity index (χ2v) is 8.77. The third-order valence-corrected chi connectivity index (χ3v) is 6.53.